The zero-order valence-electron chi connectivity index (χ0n) is 9.93. The first kappa shape index (κ1) is 11.9. The lowest BCUT2D eigenvalue weighted by Crippen LogP contribution is -2.24. The monoisotopic (exact) mass is 249 g/mol. The molecule has 0 saturated heterocycles. The predicted molar refractivity (Wildman–Crippen MR) is 68.1 cm³/mol. The molecule has 0 atom stereocenters. The highest BCUT2D eigenvalue weighted by Gasteiger charge is 2.10. The summed E-state index contributed by atoms with van der Waals surface area (Å²) >= 11 is 1.47. The first-order chi connectivity index (χ1) is 8.22. The van der Waals surface area contributed by atoms with Crippen LogP contribution in [0.4, 0.5) is 0 Å². The van der Waals surface area contributed by atoms with E-state index < -0.39 is 0 Å². The minimum absolute atomic E-state index is 0.0126. The van der Waals surface area contributed by atoms with Gasteiger partial charge in [0, 0.05) is 12.7 Å². The number of carbonyl (C=O) groups is 1. The summed E-state index contributed by atoms with van der Waals surface area (Å²) in [6.07, 6.45) is 1.75. The van der Waals surface area contributed by atoms with Gasteiger partial charge in [-0.1, -0.05) is 0 Å². The molecule has 0 spiro atoms. The SMILES string of the molecule is CCn1nccc1CNC(=O)c1sccc1C. The van der Waals surface area contributed by atoms with Crippen LogP contribution in [0.5, 0.6) is 0 Å². The number of thiophene rings is 1. The fraction of sp³-hybridized carbons (Fsp3) is 0.333. The Labute approximate surface area is 104 Å². The van der Waals surface area contributed by atoms with Gasteiger partial charge in [0.1, 0.15) is 0 Å². The Kier molecular flexibility index (Phi) is 3.58. The Morgan fingerprint density at radius 2 is 2.35 bits per heavy atom. The van der Waals surface area contributed by atoms with Crippen LogP contribution >= 0.6 is 11.3 Å². The van der Waals surface area contributed by atoms with Gasteiger partial charge >= 0.3 is 0 Å². The molecule has 1 amide bonds. The Morgan fingerprint density at radius 3 is 3.00 bits per heavy atom. The second kappa shape index (κ2) is 5.14. The molecule has 0 fully saturated rings. The van der Waals surface area contributed by atoms with Crippen LogP contribution < -0.4 is 5.32 Å². The van der Waals surface area contributed by atoms with E-state index in [-0.39, 0.29) is 5.91 Å². The maximum absolute atomic E-state index is 11.9. The maximum Gasteiger partial charge on any atom is 0.261 e. The molecule has 0 aliphatic carbocycles. The van der Waals surface area contributed by atoms with E-state index in [1.54, 1.807) is 6.20 Å². The first-order valence-corrected chi connectivity index (χ1v) is 6.43. The van der Waals surface area contributed by atoms with Crippen LogP contribution in [-0.2, 0) is 13.1 Å². The van der Waals surface area contributed by atoms with Crippen LogP contribution in [0, 0.1) is 6.92 Å². The van der Waals surface area contributed by atoms with Crippen LogP contribution in [0.25, 0.3) is 0 Å². The Bertz CT molecular complexity index is 515. The number of aryl methyl sites for hydroxylation is 2. The number of carbonyl (C=O) groups excluding carboxylic acids is 1. The summed E-state index contributed by atoms with van der Waals surface area (Å²) in [6, 6.07) is 3.88. The number of aromatic nitrogens is 2. The van der Waals surface area contributed by atoms with Gasteiger partial charge in [0.05, 0.1) is 17.1 Å². The van der Waals surface area contributed by atoms with Gasteiger partial charge in [-0.2, -0.15) is 5.10 Å². The largest absolute Gasteiger partial charge is 0.346 e. The minimum Gasteiger partial charge on any atom is -0.346 e. The van der Waals surface area contributed by atoms with Crippen LogP contribution in [0.2, 0.25) is 0 Å². The summed E-state index contributed by atoms with van der Waals surface area (Å²) in [5.41, 5.74) is 2.05. The average Bonchev–Trinajstić information content (AvgIpc) is 2.94. The van der Waals surface area contributed by atoms with Crippen molar-refractivity contribution in [2.45, 2.75) is 26.9 Å². The molecule has 5 heteroatoms. The summed E-state index contributed by atoms with van der Waals surface area (Å²) in [5, 5.41) is 9.01. The minimum atomic E-state index is -0.0126. The van der Waals surface area contributed by atoms with Gasteiger partial charge in [-0.25, -0.2) is 0 Å². The van der Waals surface area contributed by atoms with Gasteiger partial charge in [0.2, 0.25) is 0 Å². The van der Waals surface area contributed by atoms with E-state index >= 15 is 0 Å². The highest BCUT2D eigenvalue weighted by atomic mass is 32.1. The molecular weight excluding hydrogens is 234 g/mol. The third-order valence-electron chi connectivity index (χ3n) is 2.60. The molecule has 0 aliphatic rings. The van der Waals surface area contributed by atoms with E-state index in [2.05, 4.69) is 10.4 Å². The number of nitrogens with one attached hydrogen (secondary N) is 1. The number of amides is 1. The van der Waals surface area contributed by atoms with Gasteiger partial charge in [-0.15, -0.1) is 11.3 Å². The second-order valence-electron chi connectivity index (χ2n) is 3.75. The Morgan fingerprint density at radius 1 is 1.53 bits per heavy atom. The Balaban J connectivity index is 1.99. The standard InChI is InChI=1S/C12H15N3OS/c1-3-15-10(4-6-14-15)8-13-12(16)11-9(2)5-7-17-11/h4-7H,3,8H2,1-2H3,(H,13,16). The van der Waals surface area contributed by atoms with Crippen molar-refractivity contribution in [1.29, 1.82) is 0 Å². The van der Waals surface area contributed by atoms with Crippen molar-refractivity contribution in [3.05, 3.63) is 39.8 Å². The van der Waals surface area contributed by atoms with Crippen LogP contribution in [-0.4, -0.2) is 15.7 Å². The molecule has 2 aromatic heterocycles. The predicted octanol–water partition coefficient (Wildman–Crippen LogP) is 2.20. The molecule has 1 N–H and O–H groups in total. The van der Waals surface area contributed by atoms with Crippen LogP contribution in [0.1, 0.15) is 27.9 Å². The van der Waals surface area contributed by atoms with Crippen LogP contribution in [0.15, 0.2) is 23.7 Å². The van der Waals surface area contributed by atoms with E-state index in [4.69, 9.17) is 0 Å². The van der Waals surface area contributed by atoms with Gasteiger partial charge in [0.25, 0.3) is 5.91 Å². The zero-order valence-corrected chi connectivity index (χ0v) is 10.8. The second-order valence-corrected chi connectivity index (χ2v) is 4.67. The van der Waals surface area contributed by atoms with Gasteiger partial charge < -0.3 is 5.32 Å². The molecule has 4 nitrogen and oxygen atoms in total. The van der Waals surface area contributed by atoms with Gasteiger partial charge in [-0.3, -0.25) is 9.48 Å². The molecule has 2 heterocycles. The lowest BCUT2D eigenvalue weighted by atomic mass is 10.3. The summed E-state index contributed by atoms with van der Waals surface area (Å²) in [4.78, 5) is 12.7. The molecule has 17 heavy (non-hydrogen) atoms. The number of hydrogen-bond donors (Lipinski definition) is 1. The molecule has 2 rings (SSSR count). The Hall–Kier alpha value is -1.62. The summed E-state index contributed by atoms with van der Waals surface area (Å²) in [7, 11) is 0. The van der Waals surface area contributed by atoms with Crippen LogP contribution in [0.3, 0.4) is 0 Å². The highest BCUT2D eigenvalue weighted by molar-refractivity contribution is 7.12. The lowest BCUT2D eigenvalue weighted by Gasteiger charge is -2.06. The van der Waals surface area contributed by atoms with Crippen molar-refractivity contribution in [2.24, 2.45) is 0 Å². The van der Waals surface area contributed by atoms with Crippen molar-refractivity contribution >= 4 is 17.2 Å². The normalized spacial score (nSPS) is 10.5. The number of hydrogen-bond acceptors (Lipinski definition) is 3. The van der Waals surface area contributed by atoms with E-state index in [1.165, 1.54) is 11.3 Å². The first-order valence-electron chi connectivity index (χ1n) is 5.55. The van der Waals surface area contributed by atoms with Gasteiger partial charge in [-0.05, 0) is 36.9 Å². The van der Waals surface area contributed by atoms with E-state index in [1.807, 2.05) is 36.0 Å². The molecule has 0 saturated carbocycles. The zero-order chi connectivity index (χ0) is 12.3. The molecule has 0 aliphatic heterocycles. The molecule has 0 radical (unpaired) electrons. The molecule has 0 unspecified atom stereocenters. The van der Waals surface area contributed by atoms with E-state index in [0.29, 0.717) is 6.54 Å². The molecular formula is C12H15N3OS. The maximum atomic E-state index is 11.9. The van der Waals surface area contributed by atoms with Crippen molar-refractivity contribution in [1.82, 2.24) is 15.1 Å². The third kappa shape index (κ3) is 2.55. The third-order valence-corrected chi connectivity index (χ3v) is 3.62. The summed E-state index contributed by atoms with van der Waals surface area (Å²) < 4.78 is 1.88. The number of nitrogens with zero attached hydrogens (tertiary/aromatic N) is 2. The van der Waals surface area contributed by atoms with E-state index in [9.17, 15) is 4.79 Å². The molecule has 0 bridgehead atoms. The fourth-order valence-electron chi connectivity index (χ4n) is 1.65. The highest BCUT2D eigenvalue weighted by Crippen LogP contribution is 2.15. The number of rotatable bonds is 4. The molecule has 2 aromatic rings. The van der Waals surface area contributed by atoms with Crippen molar-refractivity contribution < 1.29 is 4.79 Å². The van der Waals surface area contributed by atoms with Crippen molar-refractivity contribution in [3.8, 4) is 0 Å². The smallest absolute Gasteiger partial charge is 0.261 e. The van der Waals surface area contributed by atoms with E-state index in [0.717, 1.165) is 22.7 Å². The van der Waals surface area contributed by atoms with Crippen molar-refractivity contribution in [2.75, 3.05) is 0 Å². The molecule has 0 aromatic carbocycles. The van der Waals surface area contributed by atoms with Gasteiger partial charge in [0.15, 0.2) is 0 Å². The summed E-state index contributed by atoms with van der Waals surface area (Å²) in [5.74, 6) is -0.0126. The lowest BCUT2D eigenvalue weighted by molar-refractivity contribution is 0.0953. The quantitative estimate of drug-likeness (QED) is 0.903. The summed E-state index contributed by atoms with van der Waals surface area (Å²) in [6.45, 7) is 5.31. The molecule has 90 valence electrons. The fourth-order valence-corrected chi connectivity index (χ4v) is 2.49. The topological polar surface area (TPSA) is 46.9 Å². The van der Waals surface area contributed by atoms with Crippen molar-refractivity contribution in [3.63, 3.8) is 0 Å². The average molecular weight is 249 g/mol.